The predicted molar refractivity (Wildman–Crippen MR) is 58.5 cm³/mol. The highest BCUT2D eigenvalue weighted by Gasteiger charge is 2.15. The summed E-state index contributed by atoms with van der Waals surface area (Å²) >= 11 is 0. The maximum absolute atomic E-state index is 9.27. The van der Waals surface area contributed by atoms with Crippen LogP contribution in [0.5, 0.6) is 0 Å². The Kier molecular flexibility index (Phi) is 6.61. The SMILES string of the molecule is CCCCC(C#CC(O)(O)CC)CC. The van der Waals surface area contributed by atoms with Crippen molar-refractivity contribution in [3.8, 4) is 11.8 Å². The topological polar surface area (TPSA) is 40.5 Å². The standard InChI is InChI=1S/C12H22O2/c1-4-7-8-11(5-2)9-10-12(13,14)6-3/h11,13-14H,4-8H2,1-3H3. The van der Waals surface area contributed by atoms with Crippen LogP contribution in [0.3, 0.4) is 0 Å². The lowest BCUT2D eigenvalue weighted by molar-refractivity contribution is -0.110. The van der Waals surface area contributed by atoms with E-state index < -0.39 is 5.79 Å². The van der Waals surface area contributed by atoms with Gasteiger partial charge in [-0.25, -0.2) is 0 Å². The molecule has 0 rings (SSSR count). The summed E-state index contributed by atoms with van der Waals surface area (Å²) in [7, 11) is 0. The minimum Gasteiger partial charge on any atom is -0.356 e. The third kappa shape index (κ3) is 6.01. The van der Waals surface area contributed by atoms with Gasteiger partial charge in [-0.05, 0) is 18.8 Å². The Hall–Kier alpha value is -0.520. The Morgan fingerprint density at radius 3 is 2.29 bits per heavy atom. The highest BCUT2D eigenvalue weighted by molar-refractivity contribution is 5.10. The average Bonchev–Trinajstić information content (AvgIpc) is 2.18. The molecule has 2 heteroatoms. The molecule has 1 atom stereocenters. The van der Waals surface area contributed by atoms with E-state index in [1.54, 1.807) is 6.92 Å². The van der Waals surface area contributed by atoms with Gasteiger partial charge in [-0.2, -0.15) is 0 Å². The first-order chi connectivity index (χ1) is 6.55. The van der Waals surface area contributed by atoms with E-state index >= 15 is 0 Å². The number of hydrogen-bond acceptors (Lipinski definition) is 2. The number of hydrogen-bond donors (Lipinski definition) is 2. The molecule has 1 unspecified atom stereocenters. The second kappa shape index (κ2) is 6.86. The summed E-state index contributed by atoms with van der Waals surface area (Å²) in [5.74, 6) is 3.99. The lowest BCUT2D eigenvalue weighted by Crippen LogP contribution is -2.24. The van der Waals surface area contributed by atoms with Crippen LogP contribution in [0, 0.1) is 17.8 Å². The van der Waals surface area contributed by atoms with Crippen molar-refractivity contribution in [2.75, 3.05) is 0 Å². The molecule has 0 fully saturated rings. The Bertz CT molecular complexity index is 198. The fourth-order valence-corrected chi connectivity index (χ4v) is 1.13. The van der Waals surface area contributed by atoms with Gasteiger partial charge in [0.15, 0.2) is 0 Å². The molecule has 0 spiro atoms. The van der Waals surface area contributed by atoms with E-state index in [4.69, 9.17) is 0 Å². The van der Waals surface area contributed by atoms with E-state index in [1.807, 2.05) is 0 Å². The average molecular weight is 198 g/mol. The first kappa shape index (κ1) is 13.5. The molecule has 0 aromatic carbocycles. The van der Waals surface area contributed by atoms with Crippen LogP contribution >= 0.6 is 0 Å². The number of aliphatic hydroxyl groups is 2. The van der Waals surface area contributed by atoms with E-state index in [0.29, 0.717) is 5.92 Å². The molecule has 2 nitrogen and oxygen atoms in total. The van der Waals surface area contributed by atoms with Crippen LogP contribution in [0.15, 0.2) is 0 Å². The van der Waals surface area contributed by atoms with Gasteiger partial charge in [0.25, 0.3) is 0 Å². The molecule has 14 heavy (non-hydrogen) atoms. The Balaban J connectivity index is 4.14. The molecule has 0 heterocycles. The lowest BCUT2D eigenvalue weighted by Gasteiger charge is -2.12. The molecule has 0 radical (unpaired) electrons. The van der Waals surface area contributed by atoms with Crippen molar-refractivity contribution in [2.24, 2.45) is 5.92 Å². The third-order valence-corrected chi connectivity index (χ3v) is 2.37. The molecule has 0 aliphatic rings. The Morgan fingerprint density at radius 2 is 1.86 bits per heavy atom. The molecule has 0 aliphatic heterocycles. The van der Waals surface area contributed by atoms with Gasteiger partial charge >= 0.3 is 0 Å². The summed E-state index contributed by atoms with van der Waals surface area (Å²) in [6.45, 7) is 5.94. The van der Waals surface area contributed by atoms with Crippen LogP contribution < -0.4 is 0 Å². The van der Waals surface area contributed by atoms with Gasteiger partial charge in [0.05, 0.1) is 0 Å². The van der Waals surface area contributed by atoms with Crippen LogP contribution in [0.4, 0.5) is 0 Å². The zero-order chi connectivity index (χ0) is 11.0. The van der Waals surface area contributed by atoms with Crippen molar-refractivity contribution >= 4 is 0 Å². The van der Waals surface area contributed by atoms with Gasteiger partial charge in [0.2, 0.25) is 5.79 Å². The first-order valence-electron chi connectivity index (χ1n) is 5.53. The molecule has 0 aliphatic carbocycles. The molecule has 0 amide bonds. The molecule has 0 aromatic heterocycles. The summed E-state index contributed by atoms with van der Waals surface area (Å²) < 4.78 is 0. The molecule has 0 saturated heterocycles. The van der Waals surface area contributed by atoms with Crippen molar-refractivity contribution in [2.45, 2.75) is 58.7 Å². The zero-order valence-electron chi connectivity index (χ0n) is 9.51. The van der Waals surface area contributed by atoms with Crippen LogP contribution in [-0.4, -0.2) is 16.0 Å². The van der Waals surface area contributed by atoms with Gasteiger partial charge in [0, 0.05) is 12.3 Å². The molecular weight excluding hydrogens is 176 g/mol. The summed E-state index contributed by atoms with van der Waals surface area (Å²) in [6, 6.07) is 0. The quantitative estimate of drug-likeness (QED) is 0.525. The number of rotatable bonds is 5. The Labute approximate surface area is 87.3 Å². The van der Waals surface area contributed by atoms with E-state index in [9.17, 15) is 10.2 Å². The highest BCUT2D eigenvalue weighted by atomic mass is 16.5. The maximum atomic E-state index is 9.27. The van der Waals surface area contributed by atoms with Gasteiger partial charge in [-0.15, -0.1) is 0 Å². The Morgan fingerprint density at radius 1 is 1.21 bits per heavy atom. The van der Waals surface area contributed by atoms with Crippen LogP contribution in [-0.2, 0) is 0 Å². The highest BCUT2D eigenvalue weighted by Crippen LogP contribution is 2.12. The van der Waals surface area contributed by atoms with Crippen molar-refractivity contribution in [1.82, 2.24) is 0 Å². The monoisotopic (exact) mass is 198 g/mol. The van der Waals surface area contributed by atoms with E-state index in [-0.39, 0.29) is 6.42 Å². The minimum atomic E-state index is -1.79. The summed E-state index contributed by atoms with van der Waals surface area (Å²) in [5, 5.41) is 18.5. The molecule has 2 N–H and O–H groups in total. The molecule has 0 aromatic rings. The molecular formula is C12H22O2. The molecule has 0 saturated carbocycles. The summed E-state index contributed by atoms with van der Waals surface area (Å²) in [6.07, 6.45) is 4.61. The van der Waals surface area contributed by atoms with E-state index in [0.717, 1.165) is 25.7 Å². The van der Waals surface area contributed by atoms with Gasteiger partial charge in [-0.1, -0.05) is 39.5 Å². The largest absolute Gasteiger partial charge is 0.356 e. The van der Waals surface area contributed by atoms with Gasteiger partial charge in [-0.3, -0.25) is 0 Å². The fourth-order valence-electron chi connectivity index (χ4n) is 1.13. The molecule has 0 bridgehead atoms. The van der Waals surface area contributed by atoms with Crippen molar-refractivity contribution in [1.29, 1.82) is 0 Å². The van der Waals surface area contributed by atoms with Gasteiger partial charge < -0.3 is 10.2 Å². The predicted octanol–water partition coefficient (Wildman–Crippen LogP) is 2.30. The summed E-state index contributed by atoms with van der Waals surface area (Å²) in [4.78, 5) is 0. The summed E-state index contributed by atoms with van der Waals surface area (Å²) in [5.41, 5.74) is 0. The minimum absolute atomic E-state index is 0.254. The second-order valence-corrected chi connectivity index (χ2v) is 3.69. The van der Waals surface area contributed by atoms with E-state index in [1.165, 1.54) is 0 Å². The van der Waals surface area contributed by atoms with Crippen molar-refractivity contribution in [3.05, 3.63) is 0 Å². The smallest absolute Gasteiger partial charge is 0.228 e. The maximum Gasteiger partial charge on any atom is 0.228 e. The normalized spacial score (nSPS) is 13.2. The van der Waals surface area contributed by atoms with Gasteiger partial charge in [0.1, 0.15) is 0 Å². The van der Waals surface area contributed by atoms with Crippen LogP contribution in [0.1, 0.15) is 52.9 Å². The fraction of sp³-hybridized carbons (Fsp3) is 0.833. The molecule has 82 valence electrons. The van der Waals surface area contributed by atoms with Crippen molar-refractivity contribution < 1.29 is 10.2 Å². The lowest BCUT2D eigenvalue weighted by atomic mass is 9.99. The number of unbranched alkanes of at least 4 members (excludes halogenated alkanes) is 1. The van der Waals surface area contributed by atoms with Crippen LogP contribution in [0.25, 0.3) is 0 Å². The second-order valence-electron chi connectivity index (χ2n) is 3.69. The van der Waals surface area contributed by atoms with Crippen molar-refractivity contribution in [3.63, 3.8) is 0 Å². The first-order valence-corrected chi connectivity index (χ1v) is 5.53. The zero-order valence-corrected chi connectivity index (χ0v) is 9.51. The van der Waals surface area contributed by atoms with Crippen LogP contribution in [0.2, 0.25) is 0 Å². The van der Waals surface area contributed by atoms with E-state index in [2.05, 4.69) is 25.7 Å². The third-order valence-electron chi connectivity index (χ3n) is 2.37.